The van der Waals surface area contributed by atoms with Gasteiger partial charge >= 0.3 is 0 Å². The Morgan fingerprint density at radius 2 is 2.00 bits per heavy atom. The molecule has 94 valence electrons. The van der Waals surface area contributed by atoms with Crippen molar-refractivity contribution in [2.75, 3.05) is 20.2 Å². The molecule has 0 saturated heterocycles. The molecule has 0 aliphatic heterocycles. The van der Waals surface area contributed by atoms with Gasteiger partial charge in [-0.05, 0) is 24.2 Å². The standard InChI is InChI=1S/C13H21N3O/c1-3-16(9-8-13(14)15)10-11-4-6-12(17-2)7-5-11/h4-7H,3,8-10H2,1-2H3,(H3,14,15). The molecule has 0 heterocycles. The first-order valence-corrected chi connectivity index (χ1v) is 5.84. The lowest BCUT2D eigenvalue weighted by molar-refractivity contribution is 0.288. The number of benzene rings is 1. The van der Waals surface area contributed by atoms with Crippen molar-refractivity contribution < 1.29 is 4.74 Å². The van der Waals surface area contributed by atoms with Crippen molar-refractivity contribution in [1.29, 1.82) is 5.41 Å². The van der Waals surface area contributed by atoms with Crippen LogP contribution in [0.15, 0.2) is 24.3 Å². The molecule has 0 bridgehead atoms. The first kappa shape index (κ1) is 13.5. The van der Waals surface area contributed by atoms with E-state index in [9.17, 15) is 0 Å². The highest BCUT2D eigenvalue weighted by Gasteiger charge is 2.04. The van der Waals surface area contributed by atoms with Crippen LogP contribution < -0.4 is 10.5 Å². The van der Waals surface area contributed by atoms with E-state index in [1.165, 1.54) is 5.56 Å². The van der Waals surface area contributed by atoms with Gasteiger partial charge in [-0.2, -0.15) is 0 Å². The van der Waals surface area contributed by atoms with Crippen LogP contribution in [0.4, 0.5) is 0 Å². The van der Waals surface area contributed by atoms with Gasteiger partial charge in [-0.25, -0.2) is 0 Å². The maximum atomic E-state index is 7.23. The molecule has 4 heteroatoms. The van der Waals surface area contributed by atoms with Crippen LogP contribution in [0.25, 0.3) is 0 Å². The Morgan fingerprint density at radius 1 is 1.35 bits per heavy atom. The summed E-state index contributed by atoms with van der Waals surface area (Å²) >= 11 is 0. The molecule has 0 atom stereocenters. The Labute approximate surface area is 103 Å². The zero-order valence-corrected chi connectivity index (χ0v) is 10.6. The summed E-state index contributed by atoms with van der Waals surface area (Å²) in [4.78, 5) is 2.27. The molecule has 0 fully saturated rings. The minimum absolute atomic E-state index is 0.248. The number of nitrogens with zero attached hydrogens (tertiary/aromatic N) is 1. The van der Waals surface area contributed by atoms with Crippen molar-refractivity contribution in [2.24, 2.45) is 5.73 Å². The van der Waals surface area contributed by atoms with Crippen molar-refractivity contribution in [3.63, 3.8) is 0 Å². The van der Waals surface area contributed by atoms with E-state index in [4.69, 9.17) is 15.9 Å². The molecule has 1 rings (SSSR count). The Morgan fingerprint density at radius 3 is 2.47 bits per heavy atom. The van der Waals surface area contributed by atoms with Crippen LogP contribution in [0.1, 0.15) is 18.9 Å². The fraction of sp³-hybridized carbons (Fsp3) is 0.462. The SMILES string of the molecule is CCN(CCC(=N)N)Cc1ccc(OC)cc1. The van der Waals surface area contributed by atoms with E-state index >= 15 is 0 Å². The molecule has 0 aliphatic carbocycles. The molecule has 0 radical (unpaired) electrons. The zero-order chi connectivity index (χ0) is 12.7. The summed E-state index contributed by atoms with van der Waals surface area (Å²) in [6, 6.07) is 8.06. The largest absolute Gasteiger partial charge is 0.497 e. The maximum Gasteiger partial charge on any atom is 0.118 e. The lowest BCUT2D eigenvalue weighted by Gasteiger charge is -2.20. The molecule has 0 unspecified atom stereocenters. The molecule has 0 aliphatic rings. The monoisotopic (exact) mass is 235 g/mol. The predicted octanol–water partition coefficient (Wildman–Crippen LogP) is 1.84. The van der Waals surface area contributed by atoms with Gasteiger partial charge in [0.05, 0.1) is 12.9 Å². The summed E-state index contributed by atoms with van der Waals surface area (Å²) in [5, 5.41) is 7.23. The van der Waals surface area contributed by atoms with Gasteiger partial charge in [0.1, 0.15) is 5.75 Å². The number of amidine groups is 1. The van der Waals surface area contributed by atoms with Crippen molar-refractivity contribution in [2.45, 2.75) is 19.9 Å². The third kappa shape index (κ3) is 4.87. The van der Waals surface area contributed by atoms with Gasteiger partial charge in [-0.3, -0.25) is 10.3 Å². The summed E-state index contributed by atoms with van der Waals surface area (Å²) in [5.41, 5.74) is 6.61. The second-order valence-corrected chi connectivity index (χ2v) is 3.99. The minimum Gasteiger partial charge on any atom is -0.497 e. The van der Waals surface area contributed by atoms with Gasteiger partial charge in [0.15, 0.2) is 0 Å². The van der Waals surface area contributed by atoms with Crippen LogP contribution in [0.5, 0.6) is 5.75 Å². The predicted molar refractivity (Wildman–Crippen MR) is 70.5 cm³/mol. The van der Waals surface area contributed by atoms with E-state index in [2.05, 4.69) is 24.0 Å². The number of methoxy groups -OCH3 is 1. The Balaban J connectivity index is 2.51. The highest BCUT2D eigenvalue weighted by atomic mass is 16.5. The number of ether oxygens (including phenoxy) is 1. The van der Waals surface area contributed by atoms with E-state index in [0.717, 1.165) is 25.4 Å². The molecular weight excluding hydrogens is 214 g/mol. The molecule has 0 aromatic heterocycles. The highest BCUT2D eigenvalue weighted by Crippen LogP contribution is 2.13. The van der Waals surface area contributed by atoms with Crippen LogP contribution in [-0.2, 0) is 6.54 Å². The van der Waals surface area contributed by atoms with E-state index in [1.54, 1.807) is 7.11 Å². The first-order valence-electron chi connectivity index (χ1n) is 5.84. The summed E-state index contributed by atoms with van der Waals surface area (Å²) in [6.07, 6.45) is 0.629. The van der Waals surface area contributed by atoms with Crippen LogP contribution in [-0.4, -0.2) is 30.9 Å². The number of hydrogen-bond donors (Lipinski definition) is 2. The lowest BCUT2D eigenvalue weighted by atomic mass is 10.2. The Bertz CT molecular complexity index is 348. The van der Waals surface area contributed by atoms with E-state index in [-0.39, 0.29) is 5.84 Å². The van der Waals surface area contributed by atoms with Crippen LogP contribution in [0, 0.1) is 5.41 Å². The second kappa shape index (κ2) is 6.91. The number of hydrogen-bond acceptors (Lipinski definition) is 3. The topological polar surface area (TPSA) is 62.3 Å². The normalized spacial score (nSPS) is 10.5. The smallest absolute Gasteiger partial charge is 0.118 e. The Hall–Kier alpha value is -1.55. The van der Waals surface area contributed by atoms with Gasteiger partial charge in [-0.15, -0.1) is 0 Å². The quantitative estimate of drug-likeness (QED) is 0.560. The van der Waals surface area contributed by atoms with E-state index in [0.29, 0.717) is 6.42 Å². The molecular formula is C13H21N3O. The van der Waals surface area contributed by atoms with E-state index < -0.39 is 0 Å². The number of nitrogens with two attached hydrogens (primary N) is 1. The zero-order valence-electron chi connectivity index (χ0n) is 10.6. The molecule has 3 N–H and O–H groups in total. The third-order valence-electron chi connectivity index (χ3n) is 2.71. The van der Waals surface area contributed by atoms with E-state index in [1.807, 2.05) is 12.1 Å². The van der Waals surface area contributed by atoms with Crippen molar-refractivity contribution in [3.8, 4) is 5.75 Å². The van der Waals surface area contributed by atoms with Crippen LogP contribution >= 0.6 is 0 Å². The lowest BCUT2D eigenvalue weighted by Crippen LogP contribution is -2.27. The maximum absolute atomic E-state index is 7.23. The minimum atomic E-state index is 0.248. The number of nitrogens with one attached hydrogen (secondary N) is 1. The van der Waals surface area contributed by atoms with Crippen molar-refractivity contribution in [3.05, 3.63) is 29.8 Å². The molecule has 1 aromatic rings. The van der Waals surface area contributed by atoms with Crippen molar-refractivity contribution in [1.82, 2.24) is 4.90 Å². The summed E-state index contributed by atoms with van der Waals surface area (Å²) in [7, 11) is 1.67. The number of rotatable bonds is 7. The Kier molecular flexibility index (Phi) is 5.49. The van der Waals surface area contributed by atoms with Gasteiger partial charge in [-0.1, -0.05) is 19.1 Å². The fourth-order valence-corrected chi connectivity index (χ4v) is 1.62. The molecule has 0 amide bonds. The van der Waals surface area contributed by atoms with Crippen LogP contribution in [0.2, 0.25) is 0 Å². The fourth-order valence-electron chi connectivity index (χ4n) is 1.62. The molecule has 17 heavy (non-hydrogen) atoms. The summed E-state index contributed by atoms with van der Waals surface area (Å²) in [6.45, 7) is 4.79. The van der Waals surface area contributed by atoms with Gasteiger partial charge < -0.3 is 10.5 Å². The van der Waals surface area contributed by atoms with Crippen molar-refractivity contribution >= 4 is 5.84 Å². The summed E-state index contributed by atoms with van der Waals surface area (Å²) < 4.78 is 5.12. The average Bonchev–Trinajstić information content (AvgIpc) is 2.35. The van der Waals surface area contributed by atoms with Gasteiger partial charge in [0.25, 0.3) is 0 Å². The summed E-state index contributed by atoms with van der Waals surface area (Å²) in [5.74, 6) is 1.12. The van der Waals surface area contributed by atoms with Crippen LogP contribution in [0.3, 0.4) is 0 Å². The first-order chi connectivity index (χ1) is 8.15. The molecule has 0 saturated carbocycles. The van der Waals surface area contributed by atoms with Gasteiger partial charge in [0.2, 0.25) is 0 Å². The third-order valence-corrected chi connectivity index (χ3v) is 2.71. The molecule has 1 aromatic carbocycles. The van der Waals surface area contributed by atoms with Gasteiger partial charge in [0, 0.05) is 19.5 Å². The second-order valence-electron chi connectivity index (χ2n) is 3.99. The average molecular weight is 235 g/mol. The molecule has 4 nitrogen and oxygen atoms in total. The molecule has 0 spiro atoms. The highest BCUT2D eigenvalue weighted by molar-refractivity contribution is 5.76.